The Bertz CT molecular complexity index is 849. The highest BCUT2D eigenvalue weighted by atomic mass is 127. The molecule has 5 heteroatoms. The van der Waals surface area contributed by atoms with Crippen LogP contribution in [0.3, 0.4) is 0 Å². The number of carboxylic acid groups (broad SMARTS) is 1. The average Bonchev–Trinajstić information content (AvgIpc) is 3.14. The van der Waals surface area contributed by atoms with E-state index in [0.717, 1.165) is 21.1 Å². The van der Waals surface area contributed by atoms with Gasteiger partial charge < -0.3 is 9.84 Å². The second-order valence-electron chi connectivity index (χ2n) is 6.54. The van der Waals surface area contributed by atoms with Gasteiger partial charge in [-0.15, -0.1) is 0 Å². The van der Waals surface area contributed by atoms with E-state index in [1.54, 1.807) is 6.07 Å². The summed E-state index contributed by atoms with van der Waals surface area (Å²) in [6.07, 6.45) is 0.796. The van der Waals surface area contributed by atoms with Crippen LogP contribution in [0.25, 0.3) is 0 Å². The third-order valence-corrected chi connectivity index (χ3v) is 6.41. The van der Waals surface area contributed by atoms with E-state index in [1.165, 1.54) is 11.6 Å². The SMILES string of the molecule is Cc1c(I)ccc(F)c1COc1ccc2c(c1)C[C@H]1[C@H](C(=O)O)[C@@H]21. The van der Waals surface area contributed by atoms with Gasteiger partial charge in [0.15, 0.2) is 0 Å². The first-order valence-electron chi connectivity index (χ1n) is 7.89. The summed E-state index contributed by atoms with van der Waals surface area (Å²) in [6, 6.07) is 9.03. The summed E-state index contributed by atoms with van der Waals surface area (Å²) < 4.78 is 20.8. The average molecular weight is 438 g/mol. The van der Waals surface area contributed by atoms with E-state index in [-0.39, 0.29) is 30.2 Å². The maximum absolute atomic E-state index is 14.0. The van der Waals surface area contributed by atoms with E-state index in [4.69, 9.17) is 9.84 Å². The van der Waals surface area contributed by atoms with Crippen LogP contribution in [0.1, 0.15) is 28.2 Å². The topological polar surface area (TPSA) is 46.5 Å². The van der Waals surface area contributed by atoms with Gasteiger partial charge in [0.05, 0.1) is 5.92 Å². The Labute approximate surface area is 153 Å². The lowest BCUT2D eigenvalue weighted by Gasteiger charge is -2.13. The van der Waals surface area contributed by atoms with E-state index in [1.807, 2.05) is 25.1 Å². The van der Waals surface area contributed by atoms with E-state index in [9.17, 15) is 9.18 Å². The van der Waals surface area contributed by atoms with Gasteiger partial charge in [-0.2, -0.15) is 0 Å². The second-order valence-corrected chi connectivity index (χ2v) is 7.70. The van der Waals surface area contributed by atoms with Crippen LogP contribution in [0.4, 0.5) is 4.39 Å². The summed E-state index contributed by atoms with van der Waals surface area (Å²) in [5.41, 5.74) is 3.79. The van der Waals surface area contributed by atoms with Crippen LogP contribution < -0.4 is 4.74 Å². The molecule has 0 spiro atoms. The number of hydrogen-bond donors (Lipinski definition) is 1. The molecule has 3 nitrogen and oxygen atoms in total. The Balaban J connectivity index is 1.50. The fourth-order valence-corrected chi connectivity index (χ4v) is 4.35. The summed E-state index contributed by atoms with van der Waals surface area (Å²) >= 11 is 2.19. The molecule has 2 aliphatic rings. The Morgan fingerprint density at radius 1 is 1.38 bits per heavy atom. The first kappa shape index (κ1) is 15.9. The van der Waals surface area contributed by atoms with Gasteiger partial charge in [0.25, 0.3) is 0 Å². The van der Waals surface area contributed by atoms with Crippen molar-refractivity contribution < 1.29 is 19.0 Å². The van der Waals surface area contributed by atoms with Crippen LogP contribution in [0, 0.1) is 28.1 Å². The minimum atomic E-state index is -0.694. The molecule has 2 aromatic rings. The summed E-state index contributed by atoms with van der Waals surface area (Å²) in [5.74, 6) is -0.0442. The number of benzene rings is 2. The molecule has 1 N–H and O–H groups in total. The standard InChI is InChI=1S/C19H16FIO3/c1-9-14(15(20)4-5-16(9)21)8-24-11-2-3-12-10(6-11)7-13-17(12)18(13)19(22)23/h2-6,13,17-18H,7-8H2,1H3,(H,22,23)/t13-,17+,18+/m1/s1. The molecule has 0 saturated heterocycles. The summed E-state index contributed by atoms with van der Waals surface area (Å²) in [4.78, 5) is 11.1. The predicted octanol–water partition coefficient (Wildman–Crippen LogP) is 4.29. The molecule has 3 atom stereocenters. The number of ether oxygens (including phenoxy) is 1. The molecule has 4 rings (SSSR count). The zero-order valence-electron chi connectivity index (χ0n) is 13.1. The van der Waals surface area contributed by atoms with Crippen molar-refractivity contribution in [3.63, 3.8) is 0 Å². The molecule has 0 aliphatic heterocycles. The maximum atomic E-state index is 14.0. The molecule has 2 aromatic carbocycles. The minimum Gasteiger partial charge on any atom is -0.489 e. The molecular weight excluding hydrogens is 422 g/mol. The van der Waals surface area contributed by atoms with Crippen LogP contribution in [0.2, 0.25) is 0 Å². The maximum Gasteiger partial charge on any atom is 0.307 e. The second kappa shape index (κ2) is 5.72. The highest BCUT2D eigenvalue weighted by Gasteiger charge is 2.59. The Morgan fingerprint density at radius 2 is 2.17 bits per heavy atom. The number of rotatable bonds is 4. The Morgan fingerprint density at radius 3 is 2.92 bits per heavy atom. The molecule has 0 aromatic heterocycles. The quantitative estimate of drug-likeness (QED) is 0.725. The minimum absolute atomic E-state index is 0.168. The van der Waals surface area contributed by atoms with E-state index >= 15 is 0 Å². The van der Waals surface area contributed by atoms with Crippen molar-refractivity contribution in [3.8, 4) is 5.75 Å². The molecule has 24 heavy (non-hydrogen) atoms. The lowest BCUT2D eigenvalue weighted by Crippen LogP contribution is -2.06. The number of aliphatic carboxylic acids is 1. The summed E-state index contributed by atoms with van der Waals surface area (Å²) in [5, 5.41) is 9.16. The van der Waals surface area contributed by atoms with Crippen LogP contribution >= 0.6 is 22.6 Å². The smallest absolute Gasteiger partial charge is 0.307 e. The molecule has 124 valence electrons. The van der Waals surface area contributed by atoms with Gasteiger partial charge in [-0.3, -0.25) is 4.79 Å². The van der Waals surface area contributed by atoms with Crippen molar-refractivity contribution in [1.29, 1.82) is 0 Å². The highest BCUT2D eigenvalue weighted by Crippen LogP contribution is 2.61. The van der Waals surface area contributed by atoms with Crippen molar-refractivity contribution in [1.82, 2.24) is 0 Å². The third kappa shape index (κ3) is 2.49. The van der Waals surface area contributed by atoms with E-state index < -0.39 is 5.97 Å². The molecular formula is C19H16FIO3. The van der Waals surface area contributed by atoms with Gasteiger partial charge >= 0.3 is 5.97 Å². The Kier molecular flexibility index (Phi) is 3.78. The van der Waals surface area contributed by atoms with Crippen molar-refractivity contribution in [2.45, 2.75) is 25.9 Å². The summed E-state index contributed by atoms with van der Waals surface area (Å²) in [7, 11) is 0. The van der Waals surface area contributed by atoms with Crippen LogP contribution in [-0.2, 0) is 17.8 Å². The predicted molar refractivity (Wildman–Crippen MR) is 95.7 cm³/mol. The van der Waals surface area contributed by atoms with Gasteiger partial charge in [0.1, 0.15) is 18.2 Å². The van der Waals surface area contributed by atoms with E-state index in [0.29, 0.717) is 11.3 Å². The fraction of sp³-hybridized carbons (Fsp3) is 0.316. The molecule has 1 saturated carbocycles. The number of carbonyl (C=O) groups is 1. The largest absolute Gasteiger partial charge is 0.489 e. The molecule has 0 amide bonds. The van der Waals surface area contributed by atoms with Crippen LogP contribution in [0.5, 0.6) is 5.75 Å². The van der Waals surface area contributed by atoms with Gasteiger partial charge in [-0.25, -0.2) is 4.39 Å². The first-order valence-corrected chi connectivity index (χ1v) is 8.97. The number of hydrogen-bond acceptors (Lipinski definition) is 2. The van der Waals surface area contributed by atoms with Gasteiger partial charge in [0.2, 0.25) is 0 Å². The molecule has 2 aliphatic carbocycles. The van der Waals surface area contributed by atoms with Gasteiger partial charge in [-0.1, -0.05) is 6.07 Å². The van der Waals surface area contributed by atoms with Crippen molar-refractivity contribution >= 4 is 28.6 Å². The molecule has 0 unspecified atom stereocenters. The number of halogens is 2. The van der Waals surface area contributed by atoms with Crippen LogP contribution in [-0.4, -0.2) is 11.1 Å². The normalized spacial score (nSPS) is 23.5. The molecule has 0 radical (unpaired) electrons. The first-order chi connectivity index (χ1) is 11.5. The highest BCUT2D eigenvalue weighted by molar-refractivity contribution is 14.1. The number of fused-ring (bicyclic) bond motifs is 3. The molecule has 1 fully saturated rings. The molecule has 0 heterocycles. The lowest BCUT2D eigenvalue weighted by molar-refractivity contribution is -0.139. The third-order valence-electron chi connectivity index (χ3n) is 5.24. The van der Waals surface area contributed by atoms with Gasteiger partial charge in [0, 0.05) is 15.1 Å². The monoisotopic (exact) mass is 438 g/mol. The van der Waals surface area contributed by atoms with Gasteiger partial charge in [-0.05, 0) is 82.8 Å². The summed E-state index contributed by atoms with van der Waals surface area (Å²) in [6.45, 7) is 2.09. The number of carboxylic acids is 1. The van der Waals surface area contributed by atoms with Crippen molar-refractivity contribution in [2.75, 3.05) is 0 Å². The molecule has 0 bridgehead atoms. The fourth-order valence-electron chi connectivity index (χ4n) is 3.84. The lowest BCUT2D eigenvalue weighted by atomic mass is 10.0. The zero-order valence-corrected chi connectivity index (χ0v) is 15.2. The van der Waals surface area contributed by atoms with E-state index in [2.05, 4.69) is 22.6 Å². The Hall–Kier alpha value is -1.63. The van der Waals surface area contributed by atoms with Crippen LogP contribution in [0.15, 0.2) is 30.3 Å². The van der Waals surface area contributed by atoms with Crippen molar-refractivity contribution in [3.05, 3.63) is 62.0 Å². The zero-order chi connectivity index (χ0) is 17.0. The van der Waals surface area contributed by atoms with Crippen molar-refractivity contribution in [2.24, 2.45) is 11.8 Å².